The van der Waals surface area contributed by atoms with Crippen LogP contribution in [0.3, 0.4) is 0 Å². The molecule has 22 heavy (non-hydrogen) atoms. The van der Waals surface area contributed by atoms with E-state index in [9.17, 15) is 4.79 Å². The molecule has 0 heterocycles. The molecular weight excluding hydrogens is 293 g/mol. The maximum Gasteiger partial charge on any atom is 0.320 e. The Bertz CT molecular complexity index is 427. The lowest BCUT2D eigenvalue weighted by atomic mass is 10.0. The smallest absolute Gasteiger partial charge is 0.320 e. The van der Waals surface area contributed by atoms with Crippen LogP contribution in [0.4, 0.5) is 0 Å². The van der Waals surface area contributed by atoms with E-state index >= 15 is 0 Å². The van der Waals surface area contributed by atoms with Crippen molar-refractivity contribution in [2.75, 3.05) is 19.0 Å². The summed E-state index contributed by atoms with van der Waals surface area (Å²) in [7, 11) is 0.158. The molecule has 2 atom stereocenters. The number of hydrogen-bond acceptors (Lipinski definition) is 2. The highest BCUT2D eigenvalue weighted by atomic mass is 31.1. The van der Waals surface area contributed by atoms with Crippen molar-refractivity contribution >= 4 is 13.9 Å². The summed E-state index contributed by atoms with van der Waals surface area (Å²) in [6, 6.07) is -0.871. The van der Waals surface area contributed by atoms with Gasteiger partial charge in [-0.15, -0.1) is 7.92 Å². The Morgan fingerprint density at radius 1 is 1.32 bits per heavy atom. The van der Waals surface area contributed by atoms with Crippen molar-refractivity contribution in [2.45, 2.75) is 52.5 Å². The van der Waals surface area contributed by atoms with Gasteiger partial charge >= 0.3 is 5.97 Å². The molecule has 0 spiro atoms. The highest BCUT2D eigenvalue weighted by Gasteiger charge is 2.11. The SMILES string of the molecule is C=C(C=CC(C)=C(C)CCP(C)CCCC)CC(N)C(=O)O. The Balaban J connectivity index is 4.35. The van der Waals surface area contributed by atoms with Crippen LogP contribution in [-0.4, -0.2) is 36.1 Å². The number of carbonyl (C=O) groups is 1. The highest BCUT2D eigenvalue weighted by molar-refractivity contribution is 7.56. The molecule has 0 saturated heterocycles. The zero-order valence-electron chi connectivity index (χ0n) is 14.6. The standard InChI is InChI=1S/C18H32NO2P/c1-6-7-11-22(5)12-10-16(4)15(3)9-8-14(2)13-17(19)18(20)21/h8-9,17H,2,6-7,10-13,19H2,1,3-5H3,(H,20,21). The third-order valence-corrected chi connectivity index (χ3v) is 5.87. The second-order valence-corrected chi connectivity index (χ2v) is 8.62. The normalized spacial score (nSPS) is 15.5. The Labute approximate surface area is 137 Å². The minimum absolute atomic E-state index is 0.158. The van der Waals surface area contributed by atoms with Crippen molar-refractivity contribution < 1.29 is 9.90 Å². The molecule has 126 valence electrons. The lowest BCUT2D eigenvalue weighted by Crippen LogP contribution is -2.30. The number of unbranched alkanes of at least 4 members (excludes halogenated alkanes) is 1. The zero-order valence-corrected chi connectivity index (χ0v) is 15.5. The second kappa shape index (κ2) is 11.6. The van der Waals surface area contributed by atoms with E-state index in [0.717, 1.165) is 12.0 Å². The Morgan fingerprint density at radius 2 is 1.95 bits per heavy atom. The average Bonchev–Trinajstić information content (AvgIpc) is 2.47. The monoisotopic (exact) mass is 325 g/mol. The second-order valence-electron chi connectivity index (χ2n) is 6.01. The van der Waals surface area contributed by atoms with Crippen molar-refractivity contribution in [3.8, 4) is 0 Å². The minimum Gasteiger partial charge on any atom is -0.480 e. The van der Waals surface area contributed by atoms with Gasteiger partial charge in [-0.1, -0.05) is 48.8 Å². The van der Waals surface area contributed by atoms with E-state index in [0.29, 0.717) is 0 Å². The molecular formula is C18H32NO2P. The first-order valence-electron chi connectivity index (χ1n) is 7.97. The van der Waals surface area contributed by atoms with Crippen LogP contribution in [0.2, 0.25) is 0 Å². The highest BCUT2D eigenvalue weighted by Crippen LogP contribution is 2.33. The van der Waals surface area contributed by atoms with Crippen LogP contribution in [0.25, 0.3) is 0 Å². The van der Waals surface area contributed by atoms with E-state index < -0.39 is 12.0 Å². The molecule has 2 unspecified atom stereocenters. The molecule has 0 fully saturated rings. The predicted molar refractivity (Wildman–Crippen MR) is 99.0 cm³/mol. The van der Waals surface area contributed by atoms with E-state index in [-0.39, 0.29) is 14.3 Å². The lowest BCUT2D eigenvalue weighted by Gasteiger charge is -2.12. The van der Waals surface area contributed by atoms with Crippen LogP contribution in [-0.2, 0) is 4.79 Å². The van der Waals surface area contributed by atoms with Gasteiger partial charge < -0.3 is 10.8 Å². The summed E-state index contributed by atoms with van der Waals surface area (Å²) in [5.41, 5.74) is 8.89. The predicted octanol–water partition coefficient (Wildman–Crippen LogP) is 4.54. The van der Waals surface area contributed by atoms with Gasteiger partial charge in [0.1, 0.15) is 6.04 Å². The van der Waals surface area contributed by atoms with Crippen molar-refractivity contribution in [2.24, 2.45) is 5.73 Å². The summed E-state index contributed by atoms with van der Waals surface area (Å²) in [4.78, 5) is 10.7. The number of allylic oxidation sites excluding steroid dienone is 4. The number of aliphatic carboxylic acids is 1. The lowest BCUT2D eigenvalue weighted by molar-refractivity contribution is -0.138. The fourth-order valence-corrected chi connectivity index (χ4v) is 3.72. The summed E-state index contributed by atoms with van der Waals surface area (Å²) in [5.74, 6) is -0.985. The summed E-state index contributed by atoms with van der Waals surface area (Å²) in [6.07, 6.45) is 10.6. The quantitative estimate of drug-likeness (QED) is 0.433. The minimum atomic E-state index is -0.985. The molecule has 0 rings (SSSR count). The van der Waals surface area contributed by atoms with E-state index in [1.165, 1.54) is 36.3 Å². The van der Waals surface area contributed by atoms with Gasteiger partial charge in [-0.25, -0.2) is 0 Å². The Hall–Kier alpha value is -0.920. The first kappa shape index (κ1) is 21.1. The van der Waals surface area contributed by atoms with Gasteiger partial charge in [0.05, 0.1) is 0 Å². The average molecular weight is 325 g/mol. The van der Waals surface area contributed by atoms with Crippen molar-refractivity contribution in [3.05, 3.63) is 35.5 Å². The summed E-state index contributed by atoms with van der Waals surface area (Å²) >= 11 is 0. The number of rotatable bonds is 11. The van der Waals surface area contributed by atoms with Crippen LogP contribution >= 0.6 is 7.92 Å². The van der Waals surface area contributed by atoms with Crippen molar-refractivity contribution in [1.29, 1.82) is 0 Å². The molecule has 0 aliphatic heterocycles. The fraction of sp³-hybridized carbons (Fsp3) is 0.611. The molecule has 0 aromatic rings. The Morgan fingerprint density at radius 3 is 2.50 bits per heavy atom. The van der Waals surface area contributed by atoms with Gasteiger partial charge in [-0.3, -0.25) is 4.79 Å². The molecule has 0 saturated carbocycles. The van der Waals surface area contributed by atoms with Crippen LogP contribution < -0.4 is 5.73 Å². The third kappa shape index (κ3) is 9.92. The van der Waals surface area contributed by atoms with E-state index in [1.807, 2.05) is 12.2 Å². The van der Waals surface area contributed by atoms with Gasteiger partial charge in [-0.05, 0) is 52.1 Å². The number of carboxylic acid groups (broad SMARTS) is 1. The van der Waals surface area contributed by atoms with Gasteiger partial charge in [0.2, 0.25) is 0 Å². The molecule has 0 radical (unpaired) electrons. The molecule has 3 N–H and O–H groups in total. The number of hydrogen-bond donors (Lipinski definition) is 2. The van der Waals surface area contributed by atoms with Crippen LogP contribution in [0, 0.1) is 0 Å². The van der Waals surface area contributed by atoms with Crippen molar-refractivity contribution in [3.63, 3.8) is 0 Å². The molecule has 4 heteroatoms. The largest absolute Gasteiger partial charge is 0.480 e. The molecule has 3 nitrogen and oxygen atoms in total. The van der Waals surface area contributed by atoms with E-state index in [2.05, 4.69) is 34.0 Å². The van der Waals surface area contributed by atoms with Gasteiger partial charge in [0.25, 0.3) is 0 Å². The molecule has 0 bridgehead atoms. The van der Waals surface area contributed by atoms with Gasteiger partial charge in [-0.2, -0.15) is 0 Å². The maximum absolute atomic E-state index is 10.7. The molecule has 0 aliphatic carbocycles. The fourth-order valence-electron chi connectivity index (χ4n) is 1.92. The summed E-state index contributed by atoms with van der Waals surface area (Å²) in [6.45, 7) is 12.8. The van der Waals surface area contributed by atoms with E-state index in [4.69, 9.17) is 10.8 Å². The summed E-state index contributed by atoms with van der Waals surface area (Å²) < 4.78 is 0. The van der Waals surface area contributed by atoms with E-state index in [1.54, 1.807) is 0 Å². The zero-order chi connectivity index (χ0) is 17.1. The van der Waals surface area contributed by atoms with Crippen LogP contribution in [0.1, 0.15) is 46.5 Å². The maximum atomic E-state index is 10.7. The first-order valence-corrected chi connectivity index (χ1v) is 10.1. The molecule has 0 amide bonds. The molecule has 0 aromatic heterocycles. The summed E-state index contributed by atoms with van der Waals surface area (Å²) in [5, 5.41) is 8.78. The first-order chi connectivity index (χ1) is 10.3. The molecule has 0 aromatic carbocycles. The van der Waals surface area contributed by atoms with Crippen LogP contribution in [0.5, 0.6) is 0 Å². The topological polar surface area (TPSA) is 63.3 Å². The number of nitrogens with two attached hydrogens (primary N) is 1. The van der Waals surface area contributed by atoms with Crippen molar-refractivity contribution in [1.82, 2.24) is 0 Å². The van der Waals surface area contributed by atoms with Gasteiger partial charge in [0.15, 0.2) is 0 Å². The van der Waals surface area contributed by atoms with Crippen LogP contribution in [0.15, 0.2) is 35.5 Å². The van der Waals surface area contributed by atoms with Gasteiger partial charge in [0, 0.05) is 0 Å². The molecule has 0 aliphatic rings. The number of carboxylic acids is 1. The third-order valence-electron chi connectivity index (χ3n) is 3.80. The Kier molecular flexibility index (Phi) is 11.1.